The van der Waals surface area contributed by atoms with Gasteiger partial charge in [-0.2, -0.15) is 0 Å². The third kappa shape index (κ3) is 2.07. The Morgan fingerprint density at radius 1 is 1.44 bits per heavy atom. The first kappa shape index (κ1) is 11.5. The highest BCUT2D eigenvalue weighted by Gasteiger charge is 2.08. The summed E-state index contributed by atoms with van der Waals surface area (Å²) in [6.07, 6.45) is 0. The Labute approximate surface area is 106 Å². The number of rotatable bonds is 4. The van der Waals surface area contributed by atoms with Crippen LogP contribution in [0.4, 0.5) is 0 Å². The van der Waals surface area contributed by atoms with Crippen LogP contribution in [0, 0.1) is 0 Å². The highest BCUT2D eigenvalue weighted by Crippen LogP contribution is 2.22. The second-order valence-corrected chi connectivity index (χ2v) is 3.93. The Balaban J connectivity index is 2.40. The lowest BCUT2D eigenvalue weighted by atomic mass is 10.3. The molecule has 1 aromatic heterocycles. The predicted octanol–water partition coefficient (Wildman–Crippen LogP) is 1.61. The number of nitrogens with zero attached hydrogens (tertiary/aromatic N) is 1. The predicted molar refractivity (Wildman–Crippen MR) is 69.0 cm³/mol. The van der Waals surface area contributed by atoms with Crippen LogP contribution >= 0.6 is 23.0 Å². The summed E-state index contributed by atoms with van der Waals surface area (Å²) in [5.74, 6) is 0.687. The molecular formula is C10H11IN2O3. The molecule has 0 aliphatic rings. The molecule has 0 aliphatic heterocycles. The number of aryl methyl sites for hydroxylation is 1. The Morgan fingerprint density at radius 3 is 3.00 bits per heavy atom. The number of imidazole rings is 1. The summed E-state index contributed by atoms with van der Waals surface area (Å²) >= 11 is 1.82. The van der Waals surface area contributed by atoms with Crippen LogP contribution in [0.3, 0.4) is 0 Å². The van der Waals surface area contributed by atoms with Gasteiger partial charge >= 0.3 is 5.69 Å². The third-order valence-electron chi connectivity index (χ3n) is 2.30. The van der Waals surface area contributed by atoms with Gasteiger partial charge in [-0.05, 0) is 12.1 Å². The zero-order valence-electron chi connectivity index (χ0n) is 8.70. The highest BCUT2D eigenvalue weighted by molar-refractivity contribution is 14.1. The molecule has 0 bridgehead atoms. The van der Waals surface area contributed by atoms with Gasteiger partial charge in [0.1, 0.15) is 40.9 Å². The smallest absolute Gasteiger partial charge is 0.326 e. The van der Waals surface area contributed by atoms with E-state index < -0.39 is 0 Å². The van der Waals surface area contributed by atoms with Gasteiger partial charge in [0.2, 0.25) is 0 Å². The number of halogens is 1. The van der Waals surface area contributed by atoms with Crippen molar-refractivity contribution in [3.05, 3.63) is 28.7 Å². The first-order chi connectivity index (χ1) is 7.74. The lowest BCUT2D eigenvalue weighted by molar-refractivity contribution is 0.258. The standard InChI is InChI=1S/C10H11IN2O3/c1-13-9-7(12-10(13)14)3-2-4-8(9)15-5-6-16-11/h2-4H,5-6H2,1H3,(H,12,14). The van der Waals surface area contributed by atoms with Gasteiger partial charge in [0.05, 0.1) is 12.1 Å². The molecule has 0 fully saturated rings. The van der Waals surface area contributed by atoms with E-state index in [1.807, 2.05) is 41.2 Å². The van der Waals surface area contributed by atoms with Crippen LogP contribution < -0.4 is 10.4 Å². The zero-order chi connectivity index (χ0) is 11.5. The van der Waals surface area contributed by atoms with Gasteiger partial charge in [-0.3, -0.25) is 4.57 Å². The number of aromatic nitrogens is 2. The normalized spacial score (nSPS) is 10.9. The van der Waals surface area contributed by atoms with E-state index in [0.29, 0.717) is 19.0 Å². The molecule has 86 valence electrons. The van der Waals surface area contributed by atoms with E-state index in [9.17, 15) is 4.79 Å². The van der Waals surface area contributed by atoms with Crippen molar-refractivity contribution < 1.29 is 7.80 Å². The number of para-hydroxylation sites is 1. The molecule has 0 aliphatic carbocycles. The Kier molecular flexibility index (Phi) is 3.49. The molecule has 1 aromatic carbocycles. The zero-order valence-corrected chi connectivity index (χ0v) is 10.9. The van der Waals surface area contributed by atoms with Crippen molar-refractivity contribution in [2.24, 2.45) is 7.05 Å². The Hall–Kier alpha value is -1.02. The van der Waals surface area contributed by atoms with Gasteiger partial charge in [0, 0.05) is 7.05 Å². The van der Waals surface area contributed by atoms with E-state index in [1.54, 1.807) is 7.05 Å². The van der Waals surface area contributed by atoms with E-state index in [2.05, 4.69) is 4.98 Å². The number of nitrogens with one attached hydrogen (secondary N) is 1. The number of aromatic amines is 1. The molecule has 2 rings (SSSR count). The molecule has 0 radical (unpaired) electrons. The summed E-state index contributed by atoms with van der Waals surface area (Å²) in [7, 11) is 1.71. The molecule has 1 N–H and O–H groups in total. The van der Waals surface area contributed by atoms with Crippen molar-refractivity contribution in [1.29, 1.82) is 0 Å². The molecule has 6 heteroatoms. The molecule has 16 heavy (non-hydrogen) atoms. The van der Waals surface area contributed by atoms with Crippen molar-refractivity contribution >= 4 is 34.0 Å². The van der Waals surface area contributed by atoms with Crippen molar-refractivity contribution in [3.8, 4) is 5.75 Å². The van der Waals surface area contributed by atoms with Gasteiger partial charge in [0.15, 0.2) is 0 Å². The first-order valence-electron chi connectivity index (χ1n) is 4.78. The lowest BCUT2D eigenvalue weighted by Crippen LogP contribution is -2.12. The van der Waals surface area contributed by atoms with Crippen molar-refractivity contribution in [2.75, 3.05) is 13.2 Å². The monoisotopic (exact) mass is 334 g/mol. The highest BCUT2D eigenvalue weighted by atomic mass is 127. The van der Waals surface area contributed by atoms with E-state index in [4.69, 9.17) is 7.80 Å². The molecule has 0 spiro atoms. The molecule has 0 saturated heterocycles. The first-order valence-corrected chi connectivity index (χ1v) is 5.66. The Morgan fingerprint density at radius 2 is 2.25 bits per heavy atom. The molecule has 5 nitrogen and oxygen atoms in total. The van der Waals surface area contributed by atoms with Gasteiger partial charge in [-0.25, -0.2) is 4.79 Å². The maximum Gasteiger partial charge on any atom is 0.326 e. The van der Waals surface area contributed by atoms with Crippen LogP contribution in [-0.4, -0.2) is 22.8 Å². The minimum absolute atomic E-state index is 0.142. The fourth-order valence-electron chi connectivity index (χ4n) is 1.57. The van der Waals surface area contributed by atoms with Crippen LogP contribution in [0.5, 0.6) is 5.75 Å². The maximum atomic E-state index is 11.4. The van der Waals surface area contributed by atoms with Crippen LogP contribution in [0.1, 0.15) is 0 Å². The summed E-state index contributed by atoms with van der Waals surface area (Å²) in [6, 6.07) is 5.53. The molecule has 2 aromatic rings. The van der Waals surface area contributed by atoms with E-state index in [-0.39, 0.29) is 5.69 Å². The number of hydrogen-bond acceptors (Lipinski definition) is 3. The number of H-pyrrole nitrogens is 1. The van der Waals surface area contributed by atoms with Gasteiger partial charge < -0.3 is 12.8 Å². The summed E-state index contributed by atoms with van der Waals surface area (Å²) in [6.45, 7) is 0.969. The van der Waals surface area contributed by atoms with E-state index >= 15 is 0 Å². The molecule has 0 unspecified atom stereocenters. The van der Waals surface area contributed by atoms with Crippen LogP contribution in [0.15, 0.2) is 23.0 Å². The van der Waals surface area contributed by atoms with Crippen molar-refractivity contribution in [1.82, 2.24) is 9.55 Å². The van der Waals surface area contributed by atoms with E-state index in [0.717, 1.165) is 11.0 Å². The average molecular weight is 334 g/mol. The second kappa shape index (κ2) is 4.88. The third-order valence-corrected chi connectivity index (χ3v) is 2.74. The summed E-state index contributed by atoms with van der Waals surface area (Å²) < 4.78 is 12.0. The van der Waals surface area contributed by atoms with Crippen LogP contribution in [0.25, 0.3) is 11.0 Å². The number of hydrogen-bond donors (Lipinski definition) is 1. The second-order valence-electron chi connectivity index (χ2n) is 3.30. The van der Waals surface area contributed by atoms with Crippen LogP contribution in [0.2, 0.25) is 0 Å². The fourth-order valence-corrected chi connectivity index (χ4v) is 1.75. The topological polar surface area (TPSA) is 56.2 Å². The minimum atomic E-state index is -0.142. The summed E-state index contributed by atoms with van der Waals surface area (Å²) in [5, 5.41) is 0. The summed E-state index contributed by atoms with van der Waals surface area (Å²) in [5.41, 5.74) is 1.41. The molecular weight excluding hydrogens is 323 g/mol. The van der Waals surface area contributed by atoms with Crippen molar-refractivity contribution in [2.45, 2.75) is 0 Å². The lowest BCUT2D eigenvalue weighted by Gasteiger charge is -2.06. The maximum absolute atomic E-state index is 11.4. The van der Waals surface area contributed by atoms with Gasteiger partial charge in [-0.15, -0.1) is 0 Å². The van der Waals surface area contributed by atoms with Crippen LogP contribution in [-0.2, 0) is 10.1 Å². The number of ether oxygens (including phenoxy) is 1. The molecule has 0 saturated carbocycles. The summed E-state index contributed by atoms with van der Waals surface area (Å²) in [4.78, 5) is 14.2. The van der Waals surface area contributed by atoms with Crippen molar-refractivity contribution in [3.63, 3.8) is 0 Å². The van der Waals surface area contributed by atoms with Gasteiger partial charge in [-0.1, -0.05) is 6.07 Å². The molecule has 0 atom stereocenters. The quantitative estimate of drug-likeness (QED) is 0.683. The fraction of sp³-hybridized carbons (Fsp3) is 0.300. The van der Waals surface area contributed by atoms with Gasteiger partial charge in [0.25, 0.3) is 0 Å². The average Bonchev–Trinajstić information content (AvgIpc) is 2.56. The van der Waals surface area contributed by atoms with E-state index in [1.165, 1.54) is 4.57 Å². The Bertz CT molecular complexity index is 546. The molecule has 1 heterocycles. The largest absolute Gasteiger partial charge is 0.489 e. The molecule has 0 amide bonds. The minimum Gasteiger partial charge on any atom is -0.489 e. The number of fused-ring (bicyclic) bond motifs is 1. The SMILES string of the molecule is Cn1c(=O)[nH]c2cccc(OCCOI)c21. The number of benzene rings is 1.